The van der Waals surface area contributed by atoms with E-state index in [-0.39, 0.29) is 0 Å². The van der Waals surface area contributed by atoms with Crippen molar-refractivity contribution < 1.29 is 0 Å². The largest absolute Gasteiger partial charge is 0.151 e. The molecule has 2 aromatic carbocycles. The summed E-state index contributed by atoms with van der Waals surface area (Å²) in [6, 6.07) is 17.6. The van der Waals surface area contributed by atoms with Crippen molar-refractivity contribution in [3.05, 3.63) is 60.2 Å². The number of hydrogen-bond donors (Lipinski definition) is 0. The van der Waals surface area contributed by atoms with Crippen molar-refractivity contribution in [3.63, 3.8) is 0 Å². The van der Waals surface area contributed by atoms with Crippen LogP contribution in [0.4, 0.5) is 11.4 Å². The summed E-state index contributed by atoms with van der Waals surface area (Å²) < 4.78 is 0. The van der Waals surface area contributed by atoms with Crippen molar-refractivity contribution in [2.75, 3.05) is 0 Å². The smallest absolute Gasteiger partial charge is 0.129 e. The Morgan fingerprint density at radius 2 is 1.45 bits per heavy atom. The molecule has 0 saturated carbocycles. The summed E-state index contributed by atoms with van der Waals surface area (Å²) in [6.45, 7) is 6.69. The second kappa shape index (κ2) is 6.31. The van der Waals surface area contributed by atoms with Gasteiger partial charge in [-0.15, -0.1) is 10.7 Å². The molecule has 0 radical (unpaired) electrons. The summed E-state index contributed by atoms with van der Waals surface area (Å²) in [5.74, 6) is 3.25. The van der Waals surface area contributed by atoms with E-state index in [2.05, 4.69) is 41.3 Å². The van der Waals surface area contributed by atoms with Crippen molar-refractivity contribution in [1.82, 2.24) is 0 Å². The van der Waals surface area contributed by atoms with Crippen LogP contribution >= 0.6 is 0 Å². The molecule has 2 aromatic rings. The van der Waals surface area contributed by atoms with Gasteiger partial charge in [0.1, 0.15) is 13.8 Å². The first-order chi connectivity index (χ1) is 9.54. The first kappa shape index (κ1) is 14.2. The lowest BCUT2D eigenvalue weighted by Crippen LogP contribution is -2.16. The fourth-order valence-corrected chi connectivity index (χ4v) is 2.04. The molecule has 0 unspecified atom stereocenters. The molecule has 0 fully saturated rings. The van der Waals surface area contributed by atoms with Crippen LogP contribution in [-0.4, -0.2) is 8.07 Å². The summed E-state index contributed by atoms with van der Waals surface area (Å²) in [5, 5.41) is 8.57. The first-order valence-electron chi connectivity index (χ1n) is 6.64. The van der Waals surface area contributed by atoms with Crippen molar-refractivity contribution >= 4 is 19.4 Å². The zero-order valence-electron chi connectivity index (χ0n) is 12.1. The Labute approximate surface area is 121 Å². The molecule has 0 amide bonds. The highest BCUT2D eigenvalue weighted by Gasteiger charge is 2.08. The lowest BCUT2D eigenvalue weighted by molar-refractivity contribution is 1.23. The van der Waals surface area contributed by atoms with Gasteiger partial charge in [0.15, 0.2) is 0 Å². The molecule has 2 rings (SSSR count). The molecular formula is C17H18N2Si. The van der Waals surface area contributed by atoms with Crippen molar-refractivity contribution in [1.29, 1.82) is 0 Å². The molecule has 0 heterocycles. The predicted octanol–water partition coefficient (Wildman–Crippen LogP) is 5.33. The average Bonchev–Trinajstić information content (AvgIpc) is 2.44. The number of nitrogens with zero attached hydrogens (tertiary/aromatic N) is 2. The second-order valence-corrected chi connectivity index (χ2v) is 10.3. The van der Waals surface area contributed by atoms with E-state index in [9.17, 15) is 0 Å². The maximum Gasteiger partial charge on any atom is 0.129 e. The van der Waals surface area contributed by atoms with E-state index >= 15 is 0 Å². The molecule has 0 bridgehead atoms. The molecule has 2 nitrogen and oxygen atoms in total. The Morgan fingerprint density at radius 1 is 0.800 bits per heavy atom. The minimum atomic E-state index is -1.38. The van der Waals surface area contributed by atoms with Gasteiger partial charge in [-0.2, -0.15) is 5.11 Å². The van der Waals surface area contributed by atoms with Crippen LogP contribution in [0.15, 0.2) is 64.8 Å². The summed E-state index contributed by atoms with van der Waals surface area (Å²) in [7, 11) is -1.38. The van der Waals surface area contributed by atoms with Gasteiger partial charge in [-0.25, -0.2) is 0 Å². The Morgan fingerprint density at radius 3 is 2.15 bits per heavy atom. The average molecular weight is 278 g/mol. The maximum absolute atomic E-state index is 4.32. The molecule has 0 spiro atoms. The lowest BCUT2D eigenvalue weighted by Gasteiger charge is -2.04. The molecule has 0 aliphatic rings. The van der Waals surface area contributed by atoms with Gasteiger partial charge in [-0.1, -0.05) is 55.9 Å². The first-order valence-corrected chi connectivity index (χ1v) is 10.1. The number of azo groups is 1. The van der Waals surface area contributed by atoms with Gasteiger partial charge in [0.25, 0.3) is 0 Å². The summed E-state index contributed by atoms with van der Waals surface area (Å²) in [5.41, 5.74) is 5.97. The van der Waals surface area contributed by atoms with Crippen molar-refractivity contribution in [2.24, 2.45) is 10.2 Å². The number of benzene rings is 2. The SMILES string of the molecule is C[Si](C)(C)C#Cc1ccccc1N=Nc1ccccc1. The summed E-state index contributed by atoms with van der Waals surface area (Å²) in [6.07, 6.45) is 0. The van der Waals surface area contributed by atoms with Crippen LogP contribution in [0.3, 0.4) is 0 Å². The topological polar surface area (TPSA) is 24.7 Å². The fourth-order valence-electron chi connectivity index (χ4n) is 1.53. The standard InChI is InChI=1S/C17H18N2Si/c1-20(2,3)14-13-15-9-7-8-12-17(15)19-18-16-10-5-4-6-11-16/h4-12H,1-3H3. The number of rotatable bonds is 2. The molecule has 0 aliphatic heterocycles. The molecule has 0 aromatic heterocycles. The predicted molar refractivity (Wildman–Crippen MR) is 87.3 cm³/mol. The molecule has 100 valence electrons. The zero-order valence-corrected chi connectivity index (χ0v) is 13.1. The Balaban J connectivity index is 2.29. The van der Waals surface area contributed by atoms with Gasteiger partial charge in [0.05, 0.1) is 11.3 Å². The van der Waals surface area contributed by atoms with Gasteiger partial charge < -0.3 is 0 Å². The third-order valence-electron chi connectivity index (χ3n) is 2.51. The van der Waals surface area contributed by atoms with Crippen LogP contribution in [0.25, 0.3) is 0 Å². The Bertz CT molecular complexity index is 659. The van der Waals surface area contributed by atoms with Gasteiger partial charge in [0, 0.05) is 0 Å². The molecule has 0 aliphatic carbocycles. The van der Waals surface area contributed by atoms with Gasteiger partial charge in [0.2, 0.25) is 0 Å². The van der Waals surface area contributed by atoms with Crippen LogP contribution in [0, 0.1) is 11.5 Å². The summed E-state index contributed by atoms with van der Waals surface area (Å²) >= 11 is 0. The monoisotopic (exact) mass is 278 g/mol. The molecule has 20 heavy (non-hydrogen) atoms. The highest BCUT2D eigenvalue weighted by Crippen LogP contribution is 2.21. The number of hydrogen-bond acceptors (Lipinski definition) is 2. The Hall–Kier alpha value is -2.18. The zero-order chi connectivity index (χ0) is 14.4. The van der Waals surface area contributed by atoms with Gasteiger partial charge >= 0.3 is 0 Å². The maximum atomic E-state index is 4.32. The minimum absolute atomic E-state index is 0.821. The van der Waals surface area contributed by atoms with Gasteiger partial charge in [-0.05, 0) is 24.3 Å². The minimum Gasteiger partial charge on any atom is -0.151 e. The van der Waals surface area contributed by atoms with E-state index in [1.54, 1.807) is 0 Å². The normalized spacial score (nSPS) is 11.2. The van der Waals surface area contributed by atoms with E-state index in [4.69, 9.17) is 0 Å². The van der Waals surface area contributed by atoms with Crippen LogP contribution in [0.1, 0.15) is 5.56 Å². The van der Waals surface area contributed by atoms with Crippen LogP contribution < -0.4 is 0 Å². The Kier molecular flexibility index (Phi) is 4.49. The van der Waals surface area contributed by atoms with Crippen LogP contribution in [0.2, 0.25) is 19.6 Å². The van der Waals surface area contributed by atoms with Crippen molar-refractivity contribution in [3.8, 4) is 11.5 Å². The third kappa shape index (κ3) is 4.49. The molecule has 3 heteroatoms. The molecule has 0 atom stereocenters. The molecule has 0 saturated heterocycles. The van der Waals surface area contributed by atoms with Crippen molar-refractivity contribution in [2.45, 2.75) is 19.6 Å². The van der Waals surface area contributed by atoms with E-state index in [1.165, 1.54) is 0 Å². The highest BCUT2D eigenvalue weighted by atomic mass is 28.3. The van der Waals surface area contributed by atoms with E-state index in [0.717, 1.165) is 16.9 Å². The quantitative estimate of drug-likeness (QED) is 0.403. The molecule has 0 N–H and O–H groups in total. The van der Waals surface area contributed by atoms with Crippen LogP contribution in [0.5, 0.6) is 0 Å². The third-order valence-corrected chi connectivity index (χ3v) is 3.38. The second-order valence-electron chi connectivity index (χ2n) is 5.55. The van der Waals surface area contributed by atoms with E-state index in [1.807, 2.05) is 54.6 Å². The fraction of sp³-hybridized carbons (Fsp3) is 0.176. The lowest BCUT2D eigenvalue weighted by atomic mass is 10.2. The molecular weight excluding hydrogens is 260 g/mol. The summed E-state index contributed by atoms with van der Waals surface area (Å²) in [4.78, 5) is 0. The highest BCUT2D eigenvalue weighted by molar-refractivity contribution is 6.83. The van der Waals surface area contributed by atoms with E-state index in [0.29, 0.717) is 0 Å². The van der Waals surface area contributed by atoms with Gasteiger partial charge in [-0.3, -0.25) is 0 Å². The van der Waals surface area contributed by atoms with Crippen LogP contribution in [-0.2, 0) is 0 Å². The van der Waals surface area contributed by atoms with E-state index < -0.39 is 8.07 Å².